The summed E-state index contributed by atoms with van der Waals surface area (Å²) in [5, 5.41) is 10.2. The summed E-state index contributed by atoms with van der Waals surface area (Å²) in [6, 6.07) is 14.2. The number of aromatic nitrogens is 7. The van der Waals surface area contributed by atoms with Gasteiger partial charge in [0, 0.05) is 62.0 Å². The molecule has 2 aliphatic heterocycles. The molecule has 2 aliphatic rings. The predicted octanol–water partition coefficient (Wildman–Crippen LogP) is 6.50. The van der Waals surface area contributed by atoms with E-state index in [4.69, 9.17) is 9.84 Å². The molecular formula is C40H40F2N8O4S. The van der Waals surface area contributed by atoms with Crippen LogP contribution in [0.15, 0.2) is 76.9 Å². The molecule has 284 valence electrons. The molecule has 15 heteroatoms. The standard InChI is InChI=1S/C40H40F2N8O4S/c1-23-16-28(17-24(2)36(23)41)50-38(49-14-13-48(39(49)51)34-9-8-33-29(37(34)42)21-43-46(33)5)30-22-47(12-10-32(30)45-50)55(52,53)35-19-27-18-25(6-7-31(27)44-35)26-11-15-54-40(3,4)20-26/h6-9,13-14,16-19,21,26,44H,10-12,15,20,22H2,1-5H3/t26-/m0/s1. The Balaban J connectivity index is 1.12. The van der Waals surface area contributed by atoms with Gasteiger partial charge in [0.25, 0.3) is 10.0 Å². The Morgan fingerprint density at radius 1 is 0.982 bits per heavy atom. The van der Waals surface area contributed by atoms with Crippen molar-refractivity contribution >= 4 is 31.8 Å². The van der Waals surface area contributed by atoms with E-state index in [-0.39, 0.29) is 52.8 Å². The topological polar surface area (TPSA) is 125 Å². The van der Waals surface area contributed by atoms with Gasteiger partial charge in [0.2, 0.25) is 0 Å². The van der Waals surface area contributed by atoms with Crippen molar-refractivity contribution in [2.24, 2.45) is 7.05 Å². The van der Waals surface area contributed by atoms with Crippen molar-refractivity contribution in [1.82, 2.24) is 38.0 Å². The summed E-state index contributed by atoms with van der Waals surface area (Å²) >= 11 is 0. The lowest BCUT2D eigenvalue weighted by Gasteiger charge is -2.35. The summed E-state index contributed by atoms with van der Waals surface area (Å²) in [6.45, 7) is 8.22. The van der Waals surface area contributed by atoms with E-state index in [0.29, 0.717) is 51.6 Å². The summed E-state index contributed by atoms with van der Waals surface area (Å²) in [6.07, 6.45) is 6.42. The number of imidazole rings is 1. The van der Waals surface area contributed by atoms with Gasteiger partial charge in [0.05, 0.1) is 39.8 Å². The van der Waals surface area contributed by atoms with E-state index in [1.807, 2.05) is 6.07 Å². The van der Waals surface area contributed by atoms with Crippen LogP contribution in [0.5, 0.6) is 0 Å². The number of H-pyrrole nitrogens is 1. The lowest BCUT2D eigenvalue weighted by molar-refractivity contribution is -0.0592. The van der Waals surface area contributed by atoms with Gasteiger partial charge in [-0.1, -0.05) is 6.07 Å². The van der Waals surface area contributed by atoms with Crippen molar-refractivity contribution in [2.75, 3.05) is 13.2 Å². The molecule has 0 saturated carbocycles. The third kappa shape index (κ3) is 5.75. The van der Waals surface area contributed by atoms with Crippen molar-refractivity contribution in [1.29, 1.82) is 0 Å². The maximum Gasteiger partial charge on any atom is 0.338 e. The molecule has 0 bridgehead atoms. The number of sulfonamides is 1. The summed E-state index contributed by atoms with van der Waals surface area (Å²) in [4.78, 5) is 17.4. The number of fused-ring (bicyclic) bond motifs is 3. The van der Waals surface area contributed by atoms with E-state index in [2.05, 4.69) is 36.1 Å². The van der Waals surface area contributed by atoms with Gasteiger partial charge in [0.1, 0.15) is 16.7 Å². The maximum absolute atomic E-state index is 15.9. The summed E-state index contributed by atoms with van der Waals surface area (Å²) < 4.78 is 72.4. The molecule has 1 N–H and O–H groups in total. The number of benzene rings is 3. The van der Waals surface area contributed by atoms with E-state index in [1.165, 1.54) is 38.1 Å². The summed E-state index contributed by atoms with van der Waals surface area (Å²) in [5.41, 5.74) is 4.03. The monoisotopic (exact) mass is 766 g/mol. The van der Waals surface area contributed by atoms with E-state index in [9.17, 15) is 17.6 Å². The van der Waals surface area contributed by atoms with Crippen molar-refractivity contribution in [3.05, 3.63) is 117 Å². The molecule has 0 spiro atoms. The largest absolute Gasteiger partial charge is 0.376 e. The Morgan fingerprint density at radius 2 is 1.75 bits per heavy atom. The Kier molecular flexibility index (Phi) is 8.08. The first-order valence-corrected chi connectivity index (χ1v) is 19.7. The van der Waals surface area contributed by atoms with Crippen LogP contribution in [-0.2, 0) is 34.8 Å². The van der Waals surface area contributed by atoms with Crippen LogP contribution < -0.4 is 5.69 Å². The Bertz CT molecular complexity index is 2840. The van der Waals surface area contributed by atoms with Crippen LogP contribution in [0.3, 0.4) is 0 Å². The van der Waals surface area contributed by atoms with Gasteiger partial charge < -0.3 is 9.72 Å². The molecule has 1 atom stereocenters. The minimum absolute atomic E-state index is 0.0318. The first-order chi connectivity index (χ1) is 26.2. The first-order valence-electron chi connectivity index (χ1n) is 18.3. The fourth-order valence-electron chi connectivity index (χ4n) is 8.28. The smallest absolute Gasteiger partial charge is 0.338 e. The highest BCUT2D eigenvalue weighted by molar-refractivity contribution is 7.89. The minimum atomic E-state index is -4.05. The molecule has 0 aliphatic carbocycles. The quantitative estimate of drug-likeness (QED) is 0.206. The van der Waals surface area contributed by atoms with Crippen LogP contribution >= 0.6 is 0 Å². The zero-order valence-corrected chi connectivity index (χ0v) is 31.9. The van der Waals surface area contributed by atoms with E-state index in [0.717, 1.165) is 23.8 Å². The normalized spacial score (nSPS) is 17.7. The van der Waals surface area contributed by atoms with Crippen LogP contribution in [0.2, 0.25) is 0 Å². The Hall–Kier alpha value is -5.38. The number of ether oxygens (including phenoxy) is 1. The highest BCUT2D eigenvalue weighted by Gasteiger charge is 2.35. The molecular weight excluding hydrogens is 727 g/mol. The number of hydrogen-bond donors (Lipinski definition) is 1. The molecule has 0 amide bonds. The van der Waals surface area contributed by atoms with Gasteiger partial charge in [-0.15, -0.1) is 0 Å². The van der Waals surface area contributed by atoms with Crippen molar-refractivity contribution in [2.45, 2.75) is 70.0 Å². The minimum Gasteiger partial charge on any atom is -0.376 e. The number of nitrogens with zero attached hydrogens (tertiary/aromatic N) is 7. The average Bonchev–Trinajstić information content (AvgIpc) is 3.94. The highest BCUT2D eigenvalue weighted by atomic mass is 32.2. The van der Waals surface area contributed by atoms with Crippen LogP contribution in [0, 0.1) is 25.5 Å². The van der Waals surface area contributed by atoms with Crippen LogP contribution in [0.25, 0.3) is 39.0 Å². The number of nitrogens with one attached hydrogen (secondary N) is 1. The fourth-order valence-corrected chi connectivity index (χ4v) is 9.70. The predicted molar refractivity (Wildman–Crippen MR) is 204 cm³/mol. The van der Waals surface area contributed by atoms with Crippen molar-refractivity contribution in [3.63, 3.8) is 0 Å². The number of rotatable bonds is 6. The molecule has 9 rings (SSSR count). The number of hydrogen-bond acceptors (Lipinski definition) is 6. The zero-order valence-electron chi connectivity index (χ0n) is 31.1. The molecule has 1 saturated heterocycles. The zero-order chi connectivity index (χ0) is 38.6. The van der Waals surface area contributed by atoms with E-state index < -0.39 is 21.5 Å². The van der Waals surface area contributed by atoms with Crippen LogP contribution in [0.4, 0.5) is 8.78 Å². The van der Waals surface area contributed by atoms with Crippen LogP contribution in [-0.4, -0.2) is 65.2 Å². The summed E-state index contributed by atoms with van der Waals surface area (Å²) in [5.74, 6) is -0.371. The molecule has 6 heterocycles. The van der Waals surface area contributed by atoms with Crippen molar-refractivity contribution < 1.29 is 21.9 Å². The molecule has 0 radical (unpaired) electrons. The third-order valence-corrected chi connectivity index (χ3v) is 12.9. The lowest BCUT2D eigenvalue weighted by Crippen LogP contribution is -2.36. The van der Waals surface area contributed by atoms with Gasteiger partial charge in [0.15, 0.2) is 5.82 Å². The van der Waals surface area contributed by atoms with Gasteiger partial charge in [-0.3, -0.25) is 13.8 Å². The molecule has 7 aromatic rings. The van der Waals surface area contributed by atoms with Gasteiger partial charge in [-0.25, -0.2) is 26.7 Å². The SMILES string of the molecule is Cc1cc(-n2nc3c(c2-n2ccn(-c4ccc5c(cnn5C)c4F)c2=O)CN(S(=O)(=O)c2cc4cc([C@H]5CCOC(C)(C)C5)ccc4[nH]2)CC3)cc(C)c1F. The third-order valence-electron chi connectivity index (χ3n) is 11.2. The second-order valence-electron chi connectivity index (χ2n) is 15.3. The first kappa shape index (κ1) is 35.3. The van der Waals surface area contributed by atoms with E-state index >= 15 is 4.39 Å². The van der Waals surface area contributed by atoms with Crippen LogP contribution in [0.1, 0.15) is 60.6 Å². The summed E-state index contributed by atoms with van der Waals surface area (Å²) in [7, 11) is -2.34. The fraction of sp³-hybridized carbons (Fsp3) is 0.325. The lowest BCUT2D eigenvalue weighted by atomic mass is 9.83. The number of aromatic amines is 1. The second kappa shape index (κ2) is 12.6. The number of aryl methyl sites for hydroxylation is 3. The molecule has 55 heavy (non-hydrogen) atoms. The molecule has 4 aromatic heterocycles. The Labute approximate surface area is 315 Å². The molecule has 0 unspecified atom stereocenters. The highest BCUT2D eigenvalue weighted by Crippen LogP contribution is 2.38. The Morgan fingerprint density at radius 3 is 2.51 bits per heavy atom. The van der Waals surface area contributed by atoms with Crippen molar-refractivity contribution in [3.8, 4) is 17.2 Å². The maximum atomic E-state index is 15.9. The second-order valence-corrected chi connectivity index (χ2v) is 17.2. The molecule has 3 aromatic carbocycles. The average molecular weight is 767 g/mol. The molecule has 12 nitrogen and oxygen atoms in total. The molecule has 1 fully saturated rings. The van der Waals surface area contributed by atoms with Gasteiger partial charge in [-0.05, 0) is 106 Å². The number of halogens is 2. The van der Waals surface area contributed by atoms with E-state index in [1.54, 1.807) is 54.5 Å². The van der Waals surface area contributed by atoms with Gasteiger partial charge >= 0.3 is 5.69 Å². The van der Waals surface area contributed by atoms with Gasteiger partial charge in [-0.2, -0.15) is 14.5 Å².